The second kappa shape index (κ2) is 29.0. The standard InChI is InChI=1S/C23H30F3N5O.C17H30N4O6.C11H14N2O/c1-14(2)30(3)16-5-7-17(8-6-16)31-11-10-20(22(31)32)29-21-18-12-15(23(24,25)26)4-9-19(18)27-13-28-21;18-17(25)13-1-3-14(4-2-13)21-15(23)5-7-26-9-10-27-8-6-20-16(24)11-19-12-22;1-2-13-10(5-6-11(13)14)9-4-3-7-12-8-9/h4,9,12-14,16-17,20H,5-8,10-11H2,1-3H3,(H,27,28,29);12-14H,1-11H2,(H2,18,25)(H,19,22)(H,20,24)(H,21,23);3-4,7-8,10H,2,5-6H2,1H3. The molecule has 0 bridgehead atoms. The van der Waals surface area contributed by atoms with Crippen molar-refractivity contribution in [2.24, 2.45) is 11.7 Å². The third kappa shape index (κ3) is 17.9. The lowest BCUT2D eigenvalue weighted by Gasteiger charge is -2.39. The maximum Gasteiger partial charge on any atom is 0.416 e. The summed E-state index contributed by atoms with van der Waals surface area (Å²) in [6.07, 6.45) is 10.5. The van der Waals surface area contributed by atoms with E-state index in [-0.39, 0.29) is 77.7 Å². The van der Waals surface area contributed by atoms with Crippen LogP contribution >= 0.6 is 0 Å². The van der Waals surface area contributed by atoms with Gasteiger partial charge in [-0.05, 0) is 122 Å². The van der Waals surface area contributed by atoms with E-state index in [0.717, 1.165) is 82.0 Å². The lowest BCUT2D eigenvalue weighted by atomic mass is 9.85. The van der Waals surface area contributed by atoms with Gasteiger partial charge in [0.25, 0.3) is 0 Å². The number of hydrogen-bond acceptors (Lipinski definition) is 13. The van der Waals surface area contributed by atoms with Crippen molar-refractivity contribution >= 4 is 52.7 Å². The number of rotatable bonds is 21. The SMILES string of the molecule is CC(C)N(C)C1CCC(N2CCC(Nc3ncnc4ccc(C(F)(F)F)cc34)C2=O)CC1.CCN1C(=O)CCC1c1cccnc1.NC(=O)C1CCC(NC(=O)CCOCCOCCNC(=O)CNC=O)CC1. The maximum atomic E-state index is 13.2. The Morgan fingerprint density at radius 1 is 0.932 bits per heavy atom. The summed E-state index contributed by atoms with van der Waals surface area (Å²) in [6, 6.07) is 8.49. The Balaban J connectivity index is 0.000000218. The van der Waals surface area contributed by atoms with Crippen molar-refractivity contribution in [3.63, 3.8) is 0 Å². The van der Waals surface area contributed by atoms with Crippen LogP contribution in [0.5, 0.6) is 0 Å². The molecule has 2 aliphatic heterocycles. The summed E-state index contributed by atoms with van der Waals surface area (Å²) in [5.41, 5.74) is 6.09. The number of benzene rings is 1. The number of nitrogens with one attached hydrogen (secondary N) is 4. The van der Waals surface area contributed by atoms with Gasteiger partial charge in [-0.15, -0.1) is 0 Å². The zero-order valence-electron chi connectivity index (χ0n) is 42.5. The molecule has 2 aromatic heterocycles. The van der Waals surface area contributed by atoms with Crippen LogP contribution in [0.4, 0.5) is 19.0 Å². The van der Waals surface area contributed by atoms with Crippen molar-refractivity contribution in [3.05, 3.63) is 60.2 Å². The number of amides is 6. The molecule has 2 saturated heterocycles. The average Bonchev–Trinajstić information content (AvgIpc) is 3.95. The number of anilines is 1. The van der Waals surface area contributed by atoms with Crippen molar-refractivity contribution < 1.29 is 51.4 Å². The minimum atomic E-state index is -4.45. The first-order chi connectivity index (χ1) is 35.0. The maximum absolute atomic E-state index is 13.2. The molecule has 1 aromatic carbocycles. The van der Waals surface area contributed by atoms with E-state index in [1.807, 2.05) is 35.1 Å². The Labute approximate surface area is 425 Å². The van der Waals surface area contributed by atoms with Crippen molar-refractivity contribution in [2.45, 2.75) is 140 Å². The van der Waals surface area contributed by atoms with Crippen LogP contribution in [0.25, 0.3) is 10.9 Å². The Morgan fingerprint density at radius 3 is 2.30 bits per heavy atom. The lowest BCUT2D eigenvalue weighted by Crippen LogP contribution is -2.46. The predicted molar refractivity (Wildman–Crippen MR) is 267 cm³/mol. The molecule has 4 fully saturated rings. The third-order valence-corrected chi connectivity index (χ3v) is 14.0. The van der Waals surface area contributed by atoms with E-state index < -0.39 is 17.8 Å². The molecular formula is C51H74F3N11O8. The first-order valence-corrected chi connectivity index (χ1v) is 25.5. The van der Waals surface area contributed by atoms with Crippen LogP contribution < -0.4 is 27.0 Å². The zero-order chi connectivity index (χ0) is 52.9. The Kier molecular flexibility index (Phi) is 23.0. The predicted octanol–water partition coefficient (Wildman–Crippen LogP) is 4.51. The van der Waals surface area contributed by atoms with Gasteiger partial charge in [0, 0.05) is 80.3 Å². The number of pyridine rings is 1. The fourth-order valence-electron chi connectivity index (χ4n) is 9.73. The highest BCUT2D eigenvalue weighted by molar-refractivity contribution is 5.93. The number of carbonyl (C=O) groups excluding carboxylic acids is 6. The molecule has 4 aliphatic rings. The summed E-state index contributed by atoms with van der Waals surface area (Å²) in [5.74, 6) is -0.133. The molecule has 7 rings (SSSR count). The van der Waals surface area contributed by atoms with Crippen molar-refractivity contribution in [2.75, 3.05) is 65.0 Å². The summed E-state index contributed by atoms with van der Waals surface area (Å²) in [5, 5.41) is 11.2. The fourth-order valence-corrected chi connectivity index (χ4v) is 9.73. The van der Waals surface area contributed by atoms with Gasteiger partial charge in [-0.2, -0.15) is 13.2 Å². The molecule has 6 amide bonds. The molecule has 6 N–H and O–H groups in total. The number of aromatic nitrogens is 3. The number of fused-ring (bicyclic) bond motifs is 1. The first-order valence-electron chi connectivity index (χ1n) is 25.5. The van der Waals surface area contributed by atoms with Crippen LogP contribution in [0.1, 0.15) is 115 Å². The number of likely N-dealkylation sites (tertiary alicyclic amines) is 2. The van der Waals surface area contributed by atoms with Gasteiger partial charge in [0.1, 0.15) is 18.2 Å². The van der Waals surface area contributed by atoms with Crippen LogP contribution in [0.3, 0.4) is 0 Å². The molecular weight excluding hydrogens is 952 g/mol. The van der Waals surface area contributed by atoms with Crippen LogP contribution in [0.2, 0.25) is 0 Å². The van der Waals surface area contributed by atoms with E-state index in [0.29, 0.717) is 76.4 Å². The smallest absolute Gasteiger partial charge is 0.379 e. The Hall–Kier alpha value is -6.00. The Bertz CT molecular complexity index is 2250. The van der Waals surface area contributed by atoms with Crippen molar-refractivity contribution in [1.82, 2.24) is 45.6 Å². The van der Waals surface area contributed by atoms with Gasteiger partial charge >= 0.3 is 6.18 Å². The number of primary amides is 1. The summed E-state index contributed by atoms with van der Waals surface area (Å²) >= 11 is 0. The summed E-state index contributed by atoms with van der Waals surface area (Å²) < 4.78 is 50.1. The van der Waals surface area contributed by atoms with Gasteiger partial charge in [0.15, 0.2) is 0 Å². The molecule has 2 atom stereocenters. The van der Waals surface area contributed by atoms with Gasteiger partial charge in [-0.3, -0.25) is 33.8 Å². The minimum Gasteiger partial charge on any atom is -0.379 e. The largest absolute Gasteiger partial charge is 0.416 e. The lowest BCUT2D eigenvalue weighted by molar-refractivity contribution is -0.137. The molecule has 73 heavy (non-hydrogen) atoms. The molecule has 19 nitrogen and oxygen atoms in total. The van der Waals surface area contributed by atoms with Gasteiger partial charge in [-0.25, -0.2) is 9.97 Å². The number of nitrogens with zero attached hydrogens (tertiary/aromatic N) is 6. The molecule has 22 heteroatoms. The molecule has 402 valence electrons. The summed E-state index contributed by atoms with van der Waals surface area (Å²) in [7, 11) is 2.16. The summed E-state index contributed by atoms with van der Waals surface area (Å²) in [4.78, 5) is 87.3. The highest BCUT2D eigenvalue weighted by atomic mass is 19.4. The van der Waals surface area contributed by atoms with Crippen molar-refractivity contribution in [3.8, 4) is 0 Å². The van der Waals surface area contributed by atoms with Crippen LogP contribution in [0.15, 0.2) is 49.1 Å². The van der Waals surface area contributed by atoms with Crippen LogP contribution in [-0.2, 0) is 44.4 Å². The number of alkyl halides is 3. The molecule has 2 aliphatic carbocycles. The monoisotopic (exact) mass is 1030 g/mol. The number of carbonyl (C=O) groups is 6. The minimum absolute atomic E-state index is 0.00408. The van der Waals surface area contributed by atoms with Gasteiger partial charge in [0.05, 0.1) is 50.1 Å². The second-order valence-electron chi connectivity index (χ2n) is 19.1. The van der Waals surface area contributed by atoms with Crippen LogP contribution in [-0.4, -0.2) is 155 Å². The zero-order valence-corrected chi connectivity index (χ0v) is 42.5. The first kappa shape index (κ1) is 57.9. The highest BCUT2D eigenvalue weighted by Gasteiger charge is 2.39. The summed E-state index contributed by atoms with van der Waals surface area (Å²) in [6.45, 7) is 9.51. The average molecular weight is 1030 g/mol. The molecule has 3 aromatic rings. The number of hydrogen-bond donors (Lipinski definition) is 5. The molecule has 0 radical (unpaired) electrons. The number of halogens is 3. The van der Waals surface area contributed by atoms with E-state index in [4.69, 9.17) is 15.2 Å². The third-order valence-electron chi connectivity index (χ3n) is 14.0. The van der Waals surface area contributed by atoms with Crippen molar-refractivity contribution in [1.29, 1.82) is 0 Å². The van der Waals surface area contributed by atoms with E-state index >= 15 is 0 Å². The molecule has 2 saturated carbocycles. The van der Waals surface area contributed by atoms with Crippen LogP contribution in [0, 0.1) is 5.92 Å². The van der Waals surface area contributed by atoms with Gasteiger partial charge in [-0.1, -0.05) is 6.07 Å². The normalized spacial score (nSPS) is 22.0. The van der Waals surface area contributed by atoms with Gasteiger partial charge < -0.3 is 51.2 Å². The molecule has 0 spiro atoms. The number of ether oxygens (including phenoxy) is 2. The quantitative estimate of drug-likeness (QED) is 0.0730. The number of nitrogens with two attached hydrogens (primary N) is 1. The topological polar surface area (TPSA) is 243 Å². The van der Waals surface area contributed by atoms with E-state index in [1.165, 1.54) is 12.4 Å². The fraction of sp³-hybridized carbons (Fsp3) is 0.627. The van der Waals surface area contributed by atoms with E-state index in [9.17, 15) is 41.9 Å². The Morgan fingerprint density at radius 2 is 1.66 bits per heavy atom. The van der Waals surface area contributed by atoms with Gasteiger partial charge in [0.2, 0.25) is 35.9 Å². The van der Waals surface area contributed by atoms with E-state index in [2.05, 4.69) is 62.0 Å². The molecule has 4 heterocycles. The van der Waals surface area contributed by atoms with E-state index in [1.54, 1.807) is 6.20 Å². The second-order valence-corrected chi connectivity index (χ2v) is 19.1. The molecule has 2 unspecified atom stereocenters. The highest BCUT2D eigenvalue weighted by Crippen LogP contribution is 2.35.